The molecule has 0 fully saturated rings. The van der Waals surface area contributed by atoms with Crippen LogP contribution in [0, 0.1) is 0 Å². The summed E-state index contributed by atoms with van der Waals surface area (Å²) in [5.74, 6) is -0.804. The van der Waals surface area contributed by atoms with Crippen molar-refractivity contribution in [3.63, 3.8) is 0 Å². The minimum absolute atomic E-state index is 0.124. The lowest BCUT2D eigenvalue weighted by Crippen LogP contribution is -2.17. The fourth-order valence-electron chi connectivity index (χ4n) is 2.29. The van der Waals surface area contributed by atoms with Crippen molar-refractivity contribution in [3.8, 4) is 11.5 Å². The van der Waals surface area contributed by atoms with E-state index in [1.54, 1.807) is 54.6 Å². The average molecular weight is 395 g/mol. The van der Waals surface area contributed by atoms with Crippen molar-refractivity contribution in [1.82, 2.24) is 5.43 Å². The first-order valence-corrected chi connectivity index (χ1v) is 8.60. The molecule has 0 aromatic heterocycles. The number of rotatable bonds is 5. The third-order valence-electron chi connectivity index (χ3n) is 3.68. The van der Waals surface area contributed by atoms with Crippen LogP contribution < -0.4 is 10.2 Å². The quantitative estimate of drug-likeness (QED) is 0.296. The molecule has 0 aliphatic heterocycles. The van der Waals surface area contributed by atoms with Crippen LogP contribution in [0.5, 0.6) is 11.5 Å². The molecule has 6 nitrogen and oxygen atoms in total. The predicted molar refractivity (Wildman–Crippen MR) is 106 cm³/mol. The maximum Gasteiger partial charge on any atom is 0.343 e. The van der Waals surface area contributed by atoms with E-state index >= 15 is 0 Å². The SMILES string of the molecule is O=C(Oc1ccc(C=NNC(=O)c2ccccc2O)cc1)c1cccc(Cl)c1. The number of halogens is 1. The van der Waals surface area contributed by atoms with Gasteiger partial charge in [-0.05, 0) is 60.2 Å². The Bertz CT molecular complexity index is 1030. The molecule has 28 heavy (non-hydrogen) atoms. The Morgan fingerprint density at radius 1 is 1.00 bits per heavy atom. The molecule has 0 aliphatic rings. The van der Waals surface area contributed by atoms with Gasteiger partial charge in [0.2, 0.25) is 0 Å². The van der Waals surface area contributed by atoms with Gasteiger partial charge in [-0.2, -0.15) is 5.10 Å². The number of hydrogen-bond acceptors (Lipinski definition) is 5. The van der Waals surface area contributed by atoms with Gasteiger partial charge in [0, 0.05) is 5.02 Å². The monoisotopic (exact) mass is 394 g/mol. The Kier molecular flexibility index (Phi) is 6.04. The average Bonchev–Trinajstić information content (AvgIpc) is 2.69. The molecule has 0 bridgehead atoms. The van der Waals surface area contributed by atoms with Crippen LogP contribution in [-0.2, 0) is 0 Å². The number of aromatic hydroxyl groups is 1. The van der Waals surface area contributed by atoms with Crippen LogP contribution >= 0.6 is 11.6 Å². The summed E-state index contributed by atoms with van der Waals surface area (Å²) in [4.78, 5) is 24.0. The van der Waals surface area contributed by atoms with E-state index in [0.717, 1.165) is 0 Å². The number of carbonyl (C=O) groups excluding carboxylic acids is 2. The fraction of sp³-hybridized carbons (Fsp3) is 0. The number of phenolic OH excluding ortho intramolecular Hbond substituents is 1. The topological polar surface area (TPSA) is 88.0 Å². The summed E-state index contributed by atoms with van der Waals surface area (Å²) in [5.41, 5.74) is 3.49. The number of nitrogens with zero attached hydrogens (tertiary/aromatic N) is 1. The van der Waals surface area contributed by atoms with Crippen molar-refractivity contribution >= 4 is 29.7 Å². The van der Waals surface area contributed by atoms with E-state index in [-0.39, 0.29) is 11.3 Å². The normalized spacial score (nSPS) is 10.6. The number of amides is 1. The van der Waals surface area contributed by atoms with Gasteiger partial charge in [0.25, 0.3) is 5.91 Å². The Hall–Kier alpha value is -3.64. The summed E-state index contributed by atoms with van der Waals surface area (Å²) in [6.45, 7) is 0. The molecule has 2 N–H and O–H groups in total. The van der Waals surface area contributed by atoms with E-state index in [4.69, 9.17) is 16.3 Å². The van der Waals surface area contributed by atoms with Gasteiger partial charge >= 0.3 is 5.97 Å². The molecule has 7 heteroatoms. The van der Waals surface area contributed by atoms with Crippen LogP contribution in [0.4, 0.5) is 0 Å². The van der Waals surface area contributed by atoms with Gasteiger partial charge in [0.15, 0.2) is 0 Å². The smallest absolute Gasteiger partial charge is 0.343 e. The van der Waals surface area contributed by atoms with E-state index in [9.17, 15) is 14.7 Å². The zero-order valence-electron chi connectivity index (χ0n) is 14.5. The van der Waals surface area contributed by atoms with Crippen LogP contribution in [0.15, 0.2) is 77.9 Å². The number of hydrazone groups is 1. The number of phenols is 1. The fourth-order valence-corrected chi connectivity index (χ4v) is 2.48. The maximum atomic E-state index is 12.1. The molecule has 3 rings (SSSR count). The van der Waals surface area contributed by atoms with Crippen LogP contribution in [0.1, 0.15) is 26.3 Å². The van der Waals surface area contributed by atoms with Gasteiger partial charge in [-0.15, -0.1) is 0 Å². The van der Waals surface area contributed by atoms with Gasteiger partial charge < -0.3 is 9.84 Å². The summed E-state index contributed by atoms with van der Waals surface area (Å²) in [7, 11) is 0. The standard InChI is InChI=1S/C21H15ClN2O4/c22-16-5-3-4-15(12-16)21(27)28-17-10-8-14(9-11-17)13-23-24-20(26)18-6-1-2-7-19(18)25/h1-13,25H,(H,24,26). The second kappa shape index (κ2) is 8.83. The molecule has 0 radical (unpaired) electrons. The molecule has 1 amide bonds. The van der Waals surface area contributed by atoms with Crippen molar-refractivity contribution in [3.05, 3.63) is 94.5 Å². The van der Waals surface area contributed by atoms with Gasteiger partial charge in [-0.25, -0.2) is 10.2 Å². The maximum absolute atomic E-state index is 12.1. The number of carbonyl (C=O) groups is 2. The third kappa shape index (κ3) is 4.96. The lowest BCUT2D eigenvalue weighted by atomic mass is 10.2. The minimum atomic E-state index is -0.526. The van der Waals surface area contributed by atoms with Gasteiger partial charge in [0.1, 0.15) is 11.5 Å². The summed E-state index contributed by atoms with van der Waals surface area (Å²) >= 11 is 5.87. The highest BCUT2D eigenvalue weighted by Crippen LogP contribution is 2.17. The summed E-state index contributed by atoms with van der Waals surface area (Å²) in [6, 6.07) is 19.2. The van der Waals surface area contributed by atoms with Crippen LogP contribution in [0.25, 0.3) is 0 Å². The van der Waals surface area contributed by atoms with Gasteiger partial charge in [0.05, 0.1) is 17.3 Å². The van der Waals surface area contributed by atoms with Crippen molar-refractivity contribution in [2.75, 3.05) is 0 Å². The predicted octanol–water partition coefficient (Wildman–Crippen LogP) is 4.03. The van der Waals surface area contributed by atoms with Crippen LogP contribution in [0.2, 0.25) is 5.02 Å². The molecule has 0 aliphatic carbocycles. The van der Waals surface area contributed by atoms with Crippen molar-refractivity contribution in [1.29, 1.82) is 0 Å². The second-order valence-corrected chi connectivity index (χ2v) is 6.12. The first kappa shape index (κ1) is 19.1. The Morgan fingerprint density at radius 3 is 2.46 bits per heavy atom. The zero-order chi connectivity index (χ0) is 19.9. The Labute approximate surface area is 166 Å². The van der Waals surface area contributed by atoms with E-state index in [1.165, 1.54) is 24.4 Å². The molecule has 0 heterocycles. The van der Waals surface area contributed by atoms with Gasteiger partial charge in [-0.3, -0.25) is 4.79 Å². The highest BCUT2D eigenvalue weighted by molar-refractivity contribution is 6.30. The Balaban J connectivity index is 1.58. The molecule has 0 atom stereocenters. The second-order valence-electron chi connectivity index (χ2n) is 5.69. The number of para-hydroxylation sites is 1. The van der Waals surface area contributed by atoms with Crippen LogP contribution in [-0.4, -0.2) is 23.2 Å². The number of benzene rings is 3. The van der Waals surface area contributed by atoms with E-state index < -0.39 is 11.9 Å². The lowest BCUT2D eigenvalue weighted by Gasteiger charge is -2.05. The number of hydrogen-bond donors (Lipinski definition) is 2. The number of nitrogens with one attached hydrogen (secondary N) is 1. The summed E-state index contributed by atoms with van der Waals surface area (Å²) < 4.78 is 5.28. The molecule has 0 unspecified atom stereocenters. The van der Waals surface area contributed by atoms with Crippen molar-refractivity contribution < 1.29 is 19.4 Å². The molecule has 0 spiro atoms. The molecule has 3 aromatic rings. The summed E-state index contributed by atoms with van der Waals surface area (Å²) in [5, 5.41) is 13.9. The van der Waals surface area contributed by atoms with Gasteiger partial charge in [-0.1, -0.05) is 29.8 Å². The Morgan fingerprint density at radius 2 is 1.75 bits per heavy atom. The molecule has 140 valence electrons. The largest absolute Gasteiger partial charge is 0.507 e. The molecular formula is C21H15ClN2O4. The molecular weight excluding hydrogens is 380 g/mol. The van der Waals surface area contributed by atoms with E-state index in [1.807, 2.05) is 0 Å². The van der Waals surface area contributed by atoms with Crippen LogP contribution in [0.3, 0.4) is 0 Å². The number of ether oxygens (including phenoxy) is 1. The summed E-state index contributed by atoms with van der Waals surface area (Å²) in [6.07, 6.45) is 1.43. The lowest BCUT2D eigenvalue weighted by molar-refractivity contribution is 0.0734. The first-order valence-electron chi connectivity index (χ1n) is 8.22. The van der Waals surface area contributed by atoms with E-state index in [2.05, 4.69) is 10.5 Å². The zero-order valence-corrected chi connectivity index (χ0v) is 15.3. The third-order valence-corrected chi connectivity index (χ3v) is 3.91. The highest BCUT2D eigenvalue weighted by Gasteiger charge is 2.10. The first-order chi connectivity index (χ1) is 13.5. The van der Waals surface area contributed by atoms with E-state index in [0.29, 0.717) is 21.9 Å². The van der Waals surface area contributed by atoms with Crippen molar-refractivity contribution in [2.24, 2.45) is 5.10 Å². The molecule has 0 saturated heterocycles. The van der Waals surface area contributed by atoms with Crippen molar-refractivity contribution in [2.45, 2.75) is 0 Å². The minimum Gasteiger partial charge on any atom is -0.507 e. The number of esters is 1. The molecule has 3 aromatic carbocycles. The highest BCUT2D eigenvalue weighted by atomic mass is 35.5. The molecule has 0 saturated carbocycles.